The van der Waals surface area contributed by atoms with Crippen LogP contribution in [0.4, 0.5) is 0 Å². The van der Waals surface area contributed by atoms with Gasteiger partial charge in [-0.2, -0.15) is 0 Å². The molecule has 2 rings (SSSR count). The second-order valence-corrected chi connectivity index (χ2v) is 17.5. The van der Waals surface area contributed by atoms with Crippen LogP contribution in [0.25, 0.3) is 10.8 Å². The molecule has 0 spiro atoms. The van der Waals surface area contributed by atoms with E-state index in [9.17, 15) is 10.2 Å². The number of allylic oxidation sites excluding steroid dienone is 18. The minimum atomic E-state index is 0.267. The lowest BCUT2D eigenvalue weighted by Gasteiger charge is -2.13. The molecule has 0 aliphatic rings. The van der Waals surface area contributed by atoms with E-state index in [0.29, 0.717) is 17.2 Å². The smallest absolute Gasteiger partial charge is 0.127 e. The normalized spacial score (nSPS) is 14.2. The Morgan fingerprint density at radius 1 is 0.379 bits per heavy atom. The Labute approximate surface area is 356 Å². The van der Waals surface area contributed by atoms with Crippen molar-refractivity contribution in [3.8, 4) is 11.5 Å². The van der Waals surface area contributed by atoms with Gasteiger partial charge in [0.05, 0.1) is 0 Å². The lowest BCUT2D eigenvalue weighted by atomic mass is 9.95. The standard InChI is InChI=1S/C56H82O2/c1-42(2)22-14-23-43(3)24-15-25-44(4)26-16-27-45(5)28-17-29-46(6)30-18-31-47(7)32-19-33-48(8)34-20-35-49(9)36-21-37-50(10)40-41-52-51(11)55(57)53-38-12-13-39-54(53)56(52)58/h12-13,22,24,26,28,30,32,34,36,38-40,57-58H,14-21,23,25,27,29,31,33,35,37,41H2,1-11H3/b43-24-,44-26+,45-28+,46-30-,47-32+,48-34+,49-36+,50-40+. The summed E-state index contributed by atoms with van der Waals surface area (Å²) < 4.78 is 0. The van der Waals surface area contributed by atoms with Gasteiger partial charge in [0.25, 0.3) is 0 Å². The third-order valence-electron chi connectivity index (χ3n) is 11.5. The van der Waals surface area contributed by atoms with Gasteiger partial charge in [0.1, 0.15) is 11.5 Å². The Morgan fingerprint density at radius 3 is 0.931 bits per heavy atom. The summed E-state index contributed by atoms with van der Waals surface area (Å²) in [6, 6.07) is 7.50. The fourth-order valence-corrected chi connectivity index (χ4v) is 7.34. The van der Waals surface area contributed by atoms with E-state index in [0.717, 1.165) is 94.6 Å². The van der Waals surface area contributed by atoms with Crippen LogP contribution in [0, 0.1) is 6.92 Å². The van der Waals surface area contributed by atoms with E-state index in [1.807, 2.05) is 31.2 Å². The van der Waals surface area contributed by atoms with E-state index in [4.69, 9.17) is 0 Å². The van der Waals surface area contributed by atoms with Gasteiger partial charge in [-0.15, -0.1) is 0 Å². The highest BCUT2D eigenvalue weighted by Gasteiger charge is 2.14. The summed E-state index contributed by atoms with van der Waals surface area (Å²) in [7, 11) is 0. The van der Waals surface area contributed by atoms with Crippen LogP contribution in [-0.2, 0) is 6.42 Å². The van der Waals surface area contributed by atoms with Gasteiger partial charge in [0.2, 0.25) is 0 Å². The fraction of sp³-hybridized carbons (Fsp3) is 0.500. The van der Waals surface area contributed by atoms with Crippen molar-refractivity contribution >= 4 is 10.8 Å². The third-order valence-corrected chi connectivity index (χ3v) is 11.5. The molecule has 0 radical (unpaired) electrons. The number of aromatic hydroxyl groups is 2. The van der Waals surface area contributed by atoms with E-state index >= 15 is 0 Å². The van der Waals surface area contributed by atoms with Crippen LogP contribution in [0.3, 0.4) is 0 Å². The maximum Gasteiger partial charge on any atom is 0.127 e. The predicted molar refractivity (Wildman–Crippen MR) is 259 cm³/mol. The largest absolute Gasteiger partial charge is 0.507 e. The first kappa shape index (κ1) is 50.1. The Balaban J connectivity index is 1.61. The minimum Gasteiger partial charge on any atom is -0.507 e. The summed E-state index contributed by atoms with van der Waals surface area (Å²) in [5, 5.41) is 23.0. The highest BCUT2D eigenvalue weighted by molar-refractivity contribution is 5.95. The molecule has 0 unspecified atom stereocenters. The Morgan fingerprint density at radius 2 is 0.638 bits per heavy atom. The summed E-state index contributed by atoms with van der Waals surface area (Å²) in [6.45, 7) is 24.4. The van der Waals surface area contributed by atoms with Crippen molar-refractivity contribution < 1.29 is 10.2 Å². The van der Waals surface area contributed by atoms with Gasteiger partial charge in [-0.1, -0.05) is 129 Å². The Kier molecular flexibility index (Phi) is 24.5. The van der Waals surface area contributed by atoms with Crippen LogP contribution >= 0.6 is 0 Å². The maximum atomic E-state index is 10.9. The summed E-state index contributed by atoms with van der Waals surface area (Å²) in [6.07, 6.45) is 40.3. The average Bonchev–Trinajstić information content (AvgIpc) is 3.17. The molecule has 0 atom stereocenters. The van der Waals surface area contributed by atoms with Gasteiger partial charge in [-0.3, -0.25) is 0 Å². The van der Waals surface area contributed by atoms with Gasteiger partial charge >= 0.3 is 0 Å². The van der Waals surface area contributed by atoms with E-state index in [2.05, 4.69) is 124 Å². The Hall–Kier alpha value is -4.04. The number of benzene rings is 2. The summed E-state index contributed by atoms with van der Waals surface area (Å²) >= 11 is 0. The van der Waals surface area contributed by atoms with Crippen LogP contribution in [0.5, 0.6) is 11.5 Å². The topological polar surface area (TPSA) is 40.5 Å². The molecule has 0 aliphatic heterocycles. The molecule has 2 heteroatoms. The molecule has 2 N–H and O–H groups in total. The summed E-state index contributed by atoms with van der Waals surface area (Å²) in [5.41, 5.74) is 14.8. The van der Waals surface area contributed by atoms with Crippen LogP contribution in [0.1, 0.15) is 183 Å². The summed E-state index contributed by atoms with van der Waals surface area (Å²) in [5.74, 6) is 0.548. The molecule has 0 saturated carbocycles. The highest BCUT2D eigenvalue weighted by Crippen LogP contribution is 2.39. The zero-order chi connectivity index (χ0) is 42.9. The maximum absolute atomic E-state index is 10.9. The molecule has 2 nitrogen and oxygen atoms in total. The first-order chi connectivity index (χ1) is 27.7. The van der Waals surface area contributed by atoms with Crippen molar-refractivity contribution in [1.82, 2.24) is 0 Å². The van der Waals surface area contributed by atoms with Gasteiger partial charge in [0, 0.05) is 16.3 Å². The highest BCUT2D eigenvalue weighted by atomic mass is 16.3. The molecule has 2 aromatic rings. The molecule has 0 saturated heterocycles. The molecular weight excluding hydrogens is 705 g/mol. The molecule has 318 valence electrons. The second kappa shape index (κ2) is 28.4. The predicted octanol–water partition coefficient (Wildman–Crippen LogP) is 17.9. The van der Waals surface area contributed by atoms with Crippen molar-refractivity contribution in [3.63, 3.8) is 0 Å². The van der Waals surface area contributed by atoms with Crippen LogP contribution < -0.4 is 0 Å². The molecule has 2 aromatic carbocycles. The number of hydrogen-bond donors (Lipinski definition) is 2. The molecule has 0 amide bonds. The minimum absolute atomic E-state index is 0.267. The molecule has 0 aromatic heterocycles. The van der Waals surface area contributed by atoms with E-state index in [1.165, 1.54) is 69.4 Å². The fourth-order valence-electron chi connectivity index (χ4n) is 7.34. The van der Waals surface area contributed by atoms with E-state index < -0.39 is 0 Å². The zero-order valence-corrected chi connectivity index (χ0v) is 38.9. The van der Waals surface area contributed by atoms with Gasteiger partial charge < -0.3 is 10.2 Å². The Bertz CT molecular complexity index is 1850. The molecule has 0 heterocycles. The lowest BCUT2D eigenvalue weighted by molar-refractivity contribution is 0.461. The molecule has 0 bridgehead atoms. The number of rotatable bonds is 26. The number of phenolic OH excluding ortho intramolecular Hbond substituents is 2. The second-order valence-electron chi connectivity index (χ2n) is 17.5. The van der Waals surface area contributed by atoms with Crippen molar-refractivity contribution in [2.24, 2.45) is 0 Å². The third kappa shape index (κ3) is 21.1. The van der Waals surface area contributed by atoms with Crippen LogP contribution in [-0.4, -0.2) is 10.2 Å². The zero-order valence-electron chi connectivity index (χ0n) is 38.9. The summed E-state index contributed by atoms with van der Waals surface area (Å²) in [4.78, 5) is 0. The van der Waals surface area contributed by atoms with Crippen molar-refractivity contribution in [2.75, 3.05) is 0 Å². The van der Waals surface area contributed by atoms with Crippen LogP contribution in [0.15, 0.2) is 129 Å². The first-order valence-electron chi connectivity index (χ1n) is 22.5. The van der Waals surface area contributed by atoms with Crippen molar-refractivity contribution in [3.05, 3.63) is 140 Å². The average molecular weight is 787 g/mol. The van der Waals surface area contributed by atoms with Gasteiger partial charge in [0.15, 0.2) is 0 Å². The molecule has 0 aliphatic carbocycles. The molecule has 0 fully saturated rings. The number of phenols is 2. The molecule has 58 heavy (non-hydrogen) atoms. The van der Waals surface area contributed by atoms with Crippen LogP contribution in [0.2, 0.25) is 0 Å². The number of fused-ring (bicyclic) bond motifs is 1. The van der Waals surface area contributed by atoms with Crippen molar-refractivity contribution in [1.29, 1.82) is 0 Å². The first-order valence-corrected chi connectivity index (χ1v) is 22.5. The van der Waals surface area contributed by atoms with E-state index in [-0.39, 0.29) is 11.5 Å². The molecular formula is C56H82O2. The van der Waals surface area contributed by atoms with E-state index in [1.54, 1.807) is 0 Å². The van der Waals surface area contributed by atoms with Crippen molar-refractivity contribution in [2.45, 2.75) is 185 Å². The lowest BCUT2D eigenvalue weighted by Crippen LogP contribution is -1.92. The van der Waals surface area contributed by atoms with Gasteiger partial charge in [-0.05, 0) is 191 Å². The van der Waals surface area contributed by atoms with Gasteiger partial charge in [-0.25, -0.2) is 0 Å². The monoisotopic (exact) mass is 787 g/mol. The quantitative estimate of drug-likeness (QED) is 0.0736. The SMILES string of the molecule is CC(C)=CCC/C(C)=C\CC/C(C)=C/CC/C(C)=C/CC/C(C)=C\CC/C(C)=C/CC/C(C)=C/CC/C(C)=C/CC/C(C)=C/Cc1c(C)c(O)c2ccccc2c1O. The number of hydrogen-bond acceptors (Lipinski definition) is 2.